The topological polar surface area (TPSA) is 40.5 Å². The number of hydrogen-bond acceptors (Lipinski definition) is 3. The zero-order valence-electron chi connectivity index (χ0n) is 5.86. The molecule has 1 rings (SSSR count). The highest BCUT2D eigenvalue weighted by molar-refractivity contribution is 6.64. The summed E-state index contributed by atoms with van der Waals surface area (Å²) in [5.74, 6) is 0. The fraction of sp³-hybridized carbons (Fsp3) is 0.833. The molecule has 0 bridgehead atoms. The van der Waals surface area contributed by atoms with Gasteiger partial charge in [0.25, 0.3) is 7.41 Å². The van der Waals surface area contributed by atoms with E-state index in [0.717, 1.165) is 32.1 Å². The van der Waals surface area contributed by atoms with Crippen LogP contribution < -0.4 is 0 Å². The van der Waals surface area contributed by atoms with Gasteiger partial charge < -0.3 is 14.7 Å². The molecule has 0 aromatic carbocycles. The number of aliphatic hydroxyl groups excluding tert-OH is 1. The highest BCUT2D eigenvalue weighted by Crippen LogP contribution is 2.07. The van der Waals surface area contributed by atoms with Crippen molar-refractivity contribution in [1.82, 2.24) is 4.81 Å². The lowest BCUT2D eigenvalue weighted by Gasteiger charge is -2.27. The van der Waals surface area contributed by atoms with E-state index < -0.39 is 0 Å². The van der Waals surface area contributed by atoms with Gasteiger partial charge in [-0.1, -0.05) is 0 Å². The molecule has 1 saturated heterocycles. The van der Waals surface area contributed by atoms with Gasteiger partial charge in [-0.25, -0.2) is 0 Å². The minimum atomic E-state index is -0.156. The van der Waals surface area contributed by atoms with E-state index in [9.17, 15) is 4.79 Å². The lowest BCUT2D eigenvalue weighted by atomic mass is 9.90. The van der Waals surface area contributed by atoms with Crippen molar-refractivity contribution in [3.05, 3.63) is 0 Å². The Labute approximate surface area is 61.3 Å². The zero-order valence-corrected chi connectivity index (χ0v) is 5.86. The van der Waals surface area contributed by atoms with Crippen LogP contribution in [0.4, 0.5) is 0 Å². The molecular formula is C6H11BNO2. The summed E-state index contributed by atoms with van der Waals surface area (Å²) in [7, 11) is 1.53. The summed E-state index contributed by atoms with van der Waals surface area (Å²) >= 11 is 0. The molecule has 0 aliphatic carbocycles. The maximum Gasteiger partial charge on any atom is 0.293 e. The molecule has 1 N–H and O–H groups in total. The predicted octanol–water partition coefficient (Wildman–Crippen LogP) is -0.748. The van der Waals surface area contributed by atoms with Crippen LogP contribution in [0.25, 0.3) is 0 Å². The largest absolute Gasteiger partial charge is 0.393 e. The van der Waals surface area contributed by atoms with Crippen molar-refractivity contribution >= 4 is 13.6 Å². The van der Waals surface area contributed by atoms with E-state index in [1.165, 1.54) is 7.41 Å². The van der Waals surface area contributed by atoms with Crippen LogP contribution in [-0.4, -0.2) is 42.7 Å². The van der Waals surface area contributed by atoms with Crippen molar-refractivity contribution in [2.24, 2.45) is 0 Å². The fourth-order valence-electron chi connectivity index (χ4n) is 1.12. The number of piperidine rings is 1. The van der Waals surface area contributed by atoms with Crippen molar-refractivity contribution in [2.75, 3.05) is 13.1 Å². The second kappa shape index (κ2) is 3.73. The van der Waals surface area contributed by atoms with Crippen molar-refractivity contribution < 1.29 is 9.90 Å². The lowest BCUT2D eigenvalue weighted by molar-refractivity contribution is 0.113. The van der Waals surface area contributed by atoms with Crippen LogP contribution in [0.5, 0.6) is 0 Å². The van der Waals surface area contributed by atoms with Crippen molar-refractivity contribution in [3.63, 3.8) is 0 Å². The summed E-state index contributed by atoms with van der Waals surface area (Å²) < 4.78 is 0. The highest BCUT2D eigenvalue weighted by Gasteiger charge is 2.16. The average Bonchev–Trinajstić information content (AvgIpc) is 1.95. The van der Waals surface area contributed by atoms with E-state index in [-0.39, 0.29) is 6.10 Å². The van der Waals surface area contributed by atoms with E-state index in [1.54, 1.807) is 0 Å². The van der Waals surface area contributed by atoms with Crippen molar-refractivity contribution in [3.8, 4) is 0 Å². The SMILES string of the molecule is O=C[B]N1CCC(O)CC1. The molecule has 3 nitrogen and oxygen atoms in total. The highest BCUT2D eigenvalue weighted by atomic mass is 16.3. The molecule has 55 valence electrons. The maximum atomic E-state index is 9.99. The molecule has 0 amide bonds. The van der Waals surface area contributed by atoms with E-state index in [1.807, 2.05) is 4.81 Å². The first-order valence-electron chi connectivity index (χ1n) is 3.53. The Hall–Kier alpha value is -0.345. The normalized spacial score (nSPS) is 22.5. The first-order valence-corrected chi connectivity index (χ1v) is 3.53. The second-order valence-corrected chi connectivity index (χ2v) is 2.55. The monoisotopic (exact) mass is 140 g/mol. The van der Waals surface area contributed by atoms with Crippen LogP contribution in [-0.2, 0) is 4.79 Å². The van der Waals surface area contributed by atoms with Crippen LogP contribution in [0, 0.1) is 0 Å². The van der Waals surface area contributed by atoms with E-state index >= 15 is 0 Å². The van der Waals surface area contributed by atoms with Gasteiger partial charge >= 0.3 is 0 Å². The Morgan fingerprint density at radius 2 is 2.10 bits per heavy atom. The fourth-order valence-corrected chi connectivity index (χ4v) is 1.12. The number of aliphatic hydroxyl groups is 1. The Morgan fingerprint density at radius 1 is 1.50 bits per heavy atom. The van der Waals surface area contributed by atoms with Crippen LogP contribution in [0.1, 0.15) is 12.8 Å². The van der Waals surface area contributed by atoms with Gasteiger partial charge in [0.1, 0.15) is 0 Å². The Balaban J connectivity index is 2.19. The molecule has 0 atom stereocenters. The van der Waals surface area contributed by atoms with Gasteiger partial charge in [0.05, 0.1) is 12.3 Å². The quantitative estimate of drug-likeness (QED) is 0.405. The number of carbonyl (C=O) groups is 1. The van der Waals surface area contributed by atoms with Gasteiger partial charge in [0, 0.05) is 0 Å². The molecule has 1 aliphatic heterocycles. The smallest absolute Gasteiger partial charge is 0.293 e. The summed E-state index contributed by atoms with van der Waals surface area (Å²) in [4.78, 5) is 11.9. The molecule has 4 heteroatoms. The second-order valence-electron chi connectivity index (χ2n) is 2.55. The van der Waals surface area contributed by atoms with E-state index in [0.29, 0.717) is 0 Å². The first-order chi connectivity index (χ1) is 4.83. The van der Waals surface area contributed by atoms with Crippen molar-refractivity contribution in [1.29, 1.82) is 0 Å². The molecule has 10 heavy (non-hydrogen) atoms. The molecule has 1 heterocycles. The van der Waals surface area contributed by atoms with Gasteiger partial charge in [-0.15, -0.1) is 0 Å². The maximum absolute atomic E-state index is 9.99. The van der Waals surface area contributed by atoms with Crippen LogP contribution in [0.3, 0.4) is 0 Å². The lowest BCUT2D eigenvalue weighted by Crippen LogP contribution is -2.38. The molecule has 0 aromatic heterocycles. The summed E-state index contributed by atoms with van der Waals surface area (Å²) in [5.41, 5.74) is 0. The Kier molecular flexibility index (Phi) is 2.90. The van der Waals surface area contributed by atoms with E-state index in [2.05, 4.69) is 0 Å². The van der Waals surface area contributed by atoms with Crippen LogP contribution in [0.2, 0.25) is 0 Å². The first kappa shape index (κ1) is 7.76. The average molecular weight is 140 g/mol. The van der Waals surface area contributed by atoms with Gasteiger partial charge in [0.15, 0.2) is 0 Å². The zero-order chi connectivity index (χ0) is 7.40. The molecular weight excluding hydrogens is 129 g/mol. The molecule has 1 fully saturated rings. The summed E-state index contributed by atoms with van der Waals surface area (Å²) in [6.45, 7) is 1.61. The predicted molar refractivity (Wildman–Crippen MR) is 39.3 cm³/mol. The number of nitrogens with zero attached hydrogens (tertiary/aromatic N) is 1. The summed E-state index contributed by atoms with van der Waals surface area (Å²) in [5, 5.41) is 9.07. The Morgan fingerprint density at radius 3 is 2.60 bits per heavy atom. The minimum Gasteiger partial charge on any atom is -0.393 e. The summed E-state index contributed by atoms with van der Waals surface area (Å²) in [6.07, 6.45) is 2.20. The van der Waals surface area contributed by atoms with Crippen molar-refractivity contribution in [2.45, 2.75) is 18.9 Å². The molecule has 0 spiro atoms. The van der Waals surface area contributed by atoms with Crippen LogP contribution >= 0.6 is 0 Å². The van der Waals surface area contributed by atoms with E-state index in [4.69, 9.17) is 5.11 Å². The van der Waals surface area contributed by atoms with Gasteiger partial charge in [-0.3, -0.25) is 0 Å². The van der Waals surface area contributed by atoms with Gasteiger partial charge in [0.2, 0.25) is 0 Å². The number of rotatable bonds is 2. The molecule has 0 unspecified atom stereocenters. The third-order valence-electron chi connectivity index (χ3n) is 1.77. The van der Waals surface area contributed by atoms with Crippen LogP contribution in [0.15, 0.2) is 0 Å². The summed E-state index contributed by atoms with van der Waals surface area (Å²) in [6, 6.07) is 0. The van der Waals surface area contributed by atoms with Gasteiger partial charge in [-0.2, -0.15) is 0 Å². The van der Waals surface area contributed by atoms with Gasteiger partial charge in [-0.05, 0) is 25.9 Å². The standard InChI is InChI=1S/C6H11BNO2/c9-5-7-8-3-1-6(10)2-4-8/h5-6,10H,1-4H2. The number of hydrogen-bond donors (Lipinski definition) is 1. The minimum absolute atomic E-state index is 0.156. The Bertz CT molecular complexity index is 112. The molecule has 0 saturated carbocycles. The molecule has 1 aliphatic rings. The third kappa shape index (κ3) is 2.12. The molecule has 0 aromatic rings. The molecule has 1 radical (unpaired) electrons. The number of carbonyl (C=O) groups excluding carboxylic acids is 1. The third-order valence-corrected chi connectivity index (χ3v) is 1.77.